The number of aromatic nitrogens is 3. The molecule has 1 N–H and O–H groups in total. The monoisotopic (exact) mass is 436 g/mol. The van der Waals surface area contributed by atoms with Gasteiger partial charge in [-0.1, -0.05) is 39.4 Å². The van der Waals surface area contributed by atoms with Gasteiger partial charge in [0, 0.05) is 17.6 Å². The van der Waals surface area contributed by atoms with E-state index in [0.29, 0.717) is 10.8 Å². The normalized spacial score (nSPS) is 22.8. The molecule has 26 heavy (non-hydrogen) atoms. The number of benzene rings is 1. The molecule has 0 spiro atoms. The molecule has 0 amide bonds. The molecule has 8 heteroatoms. The van der Waals surface area contributed by atoms with Crippen molar-refractivity contribution in [1.29, 1.82) is 0 Å². The fraction of sp³-hybridized carbons (Fsp3) is 0.444. The third kappa shape index (κ3) is 3.26. The maximum atomic E-state index is 10.9. The number of nitrogens with zero attached hydrogens (tertiary/aromatic N) is 4. The second-order valence-electron chi connectivity index (χ2n) is 6.81. The van der Waals surface area contributed by atoms with Crippen LogP contribution in [0.1, 0.15) is 36.2 Å². The van der Waals surface area contributed by atoms with Crippen molar-refractivity contribution in [2.45, 2.75) is 39.0 Å². The Hall–Kier alpha value is -1.48. The van der Waals surface area contributed by atoms with Crippen LogP contribution < -0.4 is 0 Å². The average Bonchev–Trinajstić information content (AvgIpc) is 3.05. The summed E-state index contributed by atoms with van der Waals surface area (Å²) in [6.07, 6.45) is 0.278. The summed E-state index contributed by atoms with van der Waals surface area (Å²) in [5.41, 5.74) is 1.12. The molecule has 1 aliphatic rings. The first-order chi connectivity index (χ1) is 12.4. The molecular weight excluding hydrogens is 416 g/mol. The number of halogens is 1. The van der Waals surface area contributed by atoms with Crippen LogP contribution in [0, 0.1) is 6.92 Å². The van der Waals surface area contributed by atoms with E-state index in [1.54, 1.807) is 0 Å². The Labute approximate surface area is 164 Å². The zero-order valence-electron chi connectivity index (χ0n) is 14.9. The third-order valence-corrected chi connectivity index (χ3v) is 6.10. The Balaban J connectivity index is 1.84. The standard InChI is InChI=1S/C18H21BrN4O2S/c1-10-8-22(9-11(2)25-10)15(13-5-4-6-14(19)7-13)16-17(24)23-18(26-16)20-12(3)21-23/h4-7,10-11,15,24H,8-9H2,1-3H3/t10-,11-,15-/m0/s1. The largest absolute Gasteiger partial charge is 0.492 e. The van der Waals surface area contributed by atoms with Gasteiger partial charge in [0.1, 0.15) is 5.82 Å². The van der Waals surface area contributed by atoms with E-state index in [0.717, 1.165) is 28.0 Å². The number of ether oxygens (including phenoxy) is 1. The summed E-state index contributed by atoms with van der Waals surface area (Å²) < 4.78 is 8.47. The predicted molar refractivity (Wildman–Crippen MR) is 105 cm³/mol. The predicted octanol–water partition coefficient (Wildman–Crippen LogP) is 3.77. The average molecular weight is 437 g/mol. The lowest BCUT2D eigenvalue weighted by Gasteiger charge is -2.40. The zero-order valence-corrected chi connectivity index (χ0v) is 17.3. The van der Waals surface area contributed by atoms with Crippen LogP contribution in [0.25, 0.3) is 4.96 Å². The molecule has 2 aromatic heterocycles. The van der Waals surface area contributed by atoms with Crippen molar-refractivity contribution in [3.63, 3.8) is 0 Å². The van der Waals surface area contributed by atoms with Gasteiger partial charge < -0.3 is 9.84 Å². The number of morpholine rings is 1. The summed E-state index contributed by atoms with van der Waals surface area (Å²) in [6.45, 7) is 7.61. The minimum Gasteiger partial charge on any atom is -0.492 e. The summed E-state index contributed by atoms with van der Waals surface area (Å²) in [5.74, 6) is 0.827. The quantitative estimate of drug-likeness (QED) is 0.676. The van der Waals surface area contributed by atoms with Crippen molar-refractivity contribution in [2.75, 3.05) is 13.1 Å². The van der Waals surface area contributed by atoms with E-state index in [4.69, 9.17) is 4.74 Å². The van der Waals surface area contributed by atoms with Gasteiger partial charge in [-0.2, -0.15) is 4.52 Å². The molecule has 0 unspecified atom stereocenters. The first-order valence-corrected chi connectivity index (χ1v) is 10.2. The van der Waals surface area contributed by atoms with E-state index in [9.17, 15) is 5.11 Å². The summed E-state index contributed by atoms with van der Waals surface area (Å²) in [7, 11) is 0. The second-order valence-corrected chi connectivity index (χ2v) is 8.74. The highest BCUT2D eigenvalue weighted by Gasteiger charge is 2.34. The Morgan fingerprint density at radius 2 is 2.04 bits per heavy atom. The van der Waals surface area contributed by atoms with Gasteiger partial charge in [-0.25, -0.2) is 4.98 Å². The van der Waals surface area contributed by atoms with Crippen LogP contribution >= 0.6 is 27.3 Å². The summed E-state index contributed by atoms with van der Waals surface area (Å²) >= 11 is 5.06. The zero-order chi connectivity index (χ0) is 18.4. The van der Waals surface area contributed by atoms with Crippen LogP contribution in [0.4, 0.5) is 0 Å². The van der Waals surface area contributed by atoms with E-state index >= 15 is 0 Å². The molecule has 1 fully saturated rings. The molecule has 3 atom stereocenters. The van der Waals surface area contributed by atoms with Gasteiger partial charge in [0.15, 0.2) is 0 Å². The molecule has 1 saturated heterocycles. The minimum absolute atomic E-state index is 0.0740. The molecule has 1 aliphatic heterocycles. The maximum Gasteiger partial charge on any atom is 0.230 e. The number of thiazole rings is 1. The Kier molecular flexibility index (Phi) is 4.77. The number of aryl methyl sites for hydroxylation is 1. The highest BCUT2D eigenvalue weighted by atomic mass is 79.9. The summed E-state index contributed by atoms with van der Waals surface area (Å²) in [6, 6.07) is 8.17. The number of fused-ring (bicyclic) bond motifs is 1. The second kappa shape index (κ2) is 6.92. The molecule has 0 aliphatic carbocycles. The molecule has 3 heterocycles. The van der Waals surface area contributed by atoms with Crippen molar-refractivity contribution < 1.29 is 9.84 Å². The molecule has 0 radical (unpaired) electrons. The topological polar surface area (TPSA) is 62.9 Å². The van der Waals surface area contributed by atoms with Crippen LogP contribution in [0.15, 0.2) is 28.7 Å². The molecule has 0 bridgehead atoms. The fourth-order valence-corrected chi connectivity index (χ4v) is 5.24. The van der Waals surface area contributed by atoms with Crippen LogP contribution in [-0.2, 0) is 4.74 Å². The number of hydrogen-bond acceptors (Lipinski definition) is 6. The lowest BCUT2D eigenvalue weighted by Crippen LogP contribution is -2.47. The first-order valence-electron chi connectivity index (χ1n) is 8.62. The SMILES string of the molecule is Cc1nc2sc([C@H](c3cccc(Br)c3)N3C[C@H](C)O[C@@H](C)C3)c(O)n2n1. The van der Waals surface area contributed by atoms with Gasteiger partial charge in [0.05, 0.1) is 23.1 Å². The van der Waals surface area contributed by atoms with Gasteiger partial charge in [-0.3, -0.25) is 4.90 Å². The smallest absolute Gasteiger partial charge is 0.230 e. The summed E-state index contributed by atoms with van der Waals surface area (Å²) in [4.78, 5) is 8.37. The van der Waals surface area contributed by atoms with Gasteiger partial charge in [0.25, 0.3) is 0 Å². The van der Waals surface area contributed by atoms with E-state index in [2.05, 4.69) is 56.9 Å². The molecule has 6 nitrogen and oxygen atoms in total. The lowest BCUT2D eigenvalue weighted by molar-refractivity contribution is -0.0764. The Morgan fingerprint density at radius 3 is 2.69 bits per heavy atom. The maximum absolute atomic E-state index is 10.9. The van der Waals surface area contributed by atoms with Crippen molar-refractivity contribution >= 4 is 32.2 Å². The first kappa shape index (κ1) is 17.9. The molecule has 0 saturated carbocycles. The van der Waals surface area contributed by atoms with Crippen LogP contribution in [0.5, 0.6) is 5.88 Å². The number of rotatable bonds is 3. The van der Waals surface area contributed by atoms with E-state index in [1.165, 1.54) is 15.9 Å². The number of aromatic hydroxyl groups is 1. The van der Waals surface area contributed by atoms with Gasteiger partial charge in [-0.05, 0) is 38.5 Å². The minimum atomic E-state index is -0.0740. The van der Waals surface area contributed by atoms with E-state index in [-0.39, 0.29) is 24.1 Å². The third-order valence-electron chi connectivity index (χ3n) is 4.53. The summed E-state index contributed by atoms with van der Waals surface area (Å²) in [5, 5.41) is 15.2. The molecule has 4 rings (SSSR count). The van der Waals surface area contributed by atoms with Crippen molar-refractivity contribution in [1.82, 2.24) is 19.5 Å². The highest BCUT2D eigenvalue weighted by molar-refractivity contribution is 9.10. The van der Waals surface area contributed by atoms with Crippen molar-refractivity contribution in [2.24, 2.45) is 0 Å². The van der Waals surface area contributed by atoms with Gasteiger partial charge in [-0.15, -0.1) is 5.10 Å². The Bertz CT molecular complexity index is 931. The molecule has 1 aromatic carbocycles. The Morgan fingerprint density at radius 1 is 1.31 bits per heavy atom. The molecule has 138 valence electrons. The lowest BCUT2D eigenvalue weighted by atomic mass is 10.0. The fourth-order valence-electron chi connectivity index (χ4n) is 3.66. The molecular formula is C18H21BrN4O2S. The van der Waals surface area contributed by atoms with Crippen molar-refractivity contribution in [3.8, 4) is 5.88 Å². The molecule has 3 aromatic rings. The number of hydrogen-bond donors (Lipinski definition) is 1. The van der Waals surface area contributed by atoms with Crippen LogP contribution in [0.3, 0.4) is 0 Å². The van der Waals surface area contributed by atoms with Crippen LogP contribution in [0.2, 0.25) is 0 Å². The van der Waals surface area contributed by atoms with Gasteiger partial charge >= 0.3 is 0 Å². The van der Waals surface area contributed by atoms with E-state index < -0.39 is 0 Å². The highest BCUT2D eigenvalue weighted by Crippen LogP contribution is 2.41. The van der Waals surface area contributed by atoms with Crippen LogP contribution in [-0.4, -0.2) is 49.9 Å². The van der Waals surface area contributed by atoms with Gasteiger partial charge in [0.2, 0.25) is 10.8 Å². The van der Waals surface area contributed by atoms with E-state index in [1.807, 2.05) is 19.1 Å². The van der Waals surface area contributed by atoms with Crippen molar-refractivity contribution in [3.05, 3.63) is 45.0 Å².